The summed E-state index contributed by atoms with van der Waals surface area (Å²) in [6.07, 6.45) is 2.46. The van der Waals surface area contributed by atoms with Crippen molar-refractivity contribution in [2.75, 3.05) is 59.3 Å². The minimum absolute atomic E-state index is 0.530. The molecule has 3 aromatic rings. The maximum absolute atomic E-state index is 5.59. The number of anilines is 4. The summed E-state index contributed by atoms with van der Waals surface area (Å²) in [7, 11) is 0. The number of piperidine rings is 1. The second kappa shape index (κ2) is 11.6. The van der Waals surface area contributed by atoms with Crippen LogP contribution >= 0.6 is 12.2 Å². The number of rotatable bonds is 6. The van der Waals surface area contributed by atoms with Gasteiger partial charge >= 0.3 is 0 Å². The first kappa shape index (κ1) is 24.3. The molecule has 2 saturated heterocycles. The zero-order valence-corrected chi connectivity index (χ0v) is 21.8. The van der Waals surface area contributed by atoms with E-state index in [4.69, 9.17) is 22.2 Å². The first-order chi connectivity index (χ1) is 17.6. The van der Waals surface area contributed by atoms with E-state index >= 15 is 0 Å². The van der Waals surface area contributed by atoms with E-state index in [-0.39, 0.29) is 0 Å². The topological polar surface area (TPSA) is 59.6 Å². The highest BCUT2D eigenvalue weighted by Crippen LogP contribution is 2.27. The number of benzene rings is 2. The van der Waals surface area contributed by atoms with Gasteiger partial charge in [0.15, 0.2) is 5.11 Å². The van der Waals surface area contributed by atoms with Crippen LogP contribution in [0.4, 0.5) is 23.3 Å². The van der Waals surface area contributed by atoms with Gasteiger partial charge in [-0.05, 0) is 48.7 Å². The molecule has 2 aliphatic rings. The Bertz CT molecular complexity index is 1130. The molecule has 0 bridgehead atoms. The maximum Gasteiger partial charge on any atom is 0.232 e. The van der Waals surface area contributed by atoms with Gasteiger partial charge in [-0.2, -0.15) is 9.97 Å². The summed E-state index contributed by atoms with van der Waals surface area (Å²) >= 11 is 5.59. The van der Waals surface area contributed by atoms with Crippen molar-refractivity contribution in [2.24, 2.45) is 5.92 Å². The number of piperazine rings is 1. The van der Waals surface area contributed by atoms with Crippen LogP contribution in [0.1, 0.15) is 25.3 Å². The lowest BCUT2D eigenvalue weighted by Gasteiger charge is -2.37. The number of hydrogen-bond donors (Lipinski definition) is 2. The summed E-state index contributed by atoms with van der Waals surface area (Å²) in [6.45, 7) is 8.78. The van der Waals surface area contributed by atoms with Gasteiger partial charge in [-0.15, -0.1) is 0 Å². The first-order valence-electron chi connectivity index (χ1n) is 12.9. The summed E-state index contributed by atoms with van der Waals surface area (Å²) in [5, 5.41) is 7.06. The Kier molecular flexibility index (Phi) is 7.81. The number of para-hydroxylation sites is 1. The van der Waals surface area contributed by atoms with Gasteiger partial charge in [-0.1, -0.05) is 55.5 Å². The van der Waals surface area contributed by atoms with E-state index in [1.807, 2.05) is 18.2 Å². The van der Waals surface area contributed by atoms with Gasteiger partial charge in [-0.25, -0.2) is 0 Å². The second-order valence-electron chi connectivity index (χ2n) is 9.70. The molecule has 0 spiro atoms. The Morgan fingerprint density at radius 3 is 2.19 bits per heavy atom. The van der Waals surface area contributed by atoms with E-state index in [2.05, 4.69) is 80.8 Å². The van der Waals surface area contributed by atoms with Crippen LogP contribution in [-0.2, 0) is 6.54 Å². The number of nitrogens with one attached hydrogen (secondary N) is 2. The van der Waals surface area contributed by atoms with Crippen LogP contribution in [-0.4, -0.2) is 54.3 Å². The standard InChI is InChI=1S/C28H35N7S/c1-22-9-8-14-35(21-22)26-19-25(34-17-15-33(16-18-34)24-12-6-3-7-13-24)30-27(31-26)32-28(36)29-20-23-10-4-2-5-11-23/h2-7,10-13,19,22H,8-9,14-18,20-21H2,1H3,(H2,29,30,31,32,36)/t22-/m0/s1. The molecule has 1 atom stereocenters. The van der Waals surface area contributed by atoms with E-state index in [9.17, 15) is 0 Å². The van der Waals surface area contributed by atoms with Gasteiger partial charge in [0.25, 0.3) is 0 Å². The molecule has 3 heterocycles. The fourth-order valence-electron chi connectivity index (χ4n) is 4.96. The molecule has 0 radical (unpaired) electrons. The van der Waals surface area contributed by atoms with Crippen molar-refractivity contribution in [3.8, 4) is 0 Å². The van der Waals surface area contributed by atoms with Crippen molar-refractivity contribution >= 4 is 40.6 Å². The summed E-state index contributed by atoms with van der Waals surface area (Å²) in [6, 6.07) is 23.0. The van der Waals surface area contributed by atoms with Crippen LogP contribution in [0.2, 0.25) is 0 Å². The van der Waals surface area contributed by atoms with Crippen LogP contribution in [0.5, 0.6) is 0 Å². The lowest BCUT2D eigenvalue weighted by molar-refractivity contribution is 0.444. The molecule has 0 amide bonds. The molecule has 8 heteroatoms. The van der Waals surface area contributed by atoms with E-state index < -0.39 is 0 Å². The third-order valence-corrected chi connectivity index (χ3v) is 7.17. The van der Waals surface area contributed by atoms with Gasteiger partial charge in [0, 0.05) is 57.6 Å². The van der Waals surface area contributed by atoms with Crippen molar-refractivity contribution in [2.45, 2.75) is 26.3 Å². The summed E-state index contributed by atoms with van der Waals surface area (Å²) < 4.78 is 0. The predicted molar refractivity (Wildman–Crippen MR) is 153 cm³/mol. The highest BCUT2D eigenvalue weighted by Gasteiger charge is 2.23. The van der Waals surface area contributed by atoms with Crippen molar-refractivity contribution in [3.05, 3.63) is 72.3 Å². The smallest absolute Gasteiger partial charge is 0.232 e. The first-order valence-corrected chi connectivity index (χ1v) is 13.3. The summed E-state index contributed by atoms with van der Waals surface area (Å²) in [5.74, 6) is 3.15. The van der Waals surface area contributed by atoms with E-state index in [1.54, 1.807) is 0 Å². The molecule has 2 aliphatic heterocycles. The molecule has 0 aliphatic carbocycles. The zero-order valence-electron chi connectivity index (χ0n) is 20.9. The highest BCUT2D eigenvalue weighted by atomic mass is 32.1. The zero-order chi connectivity index (χ0) is 24.7. The van der Waals surface area contributed by atoms with Crippen molar-refractivity contribution < 1.29 is 0 Å². The van der Waals surface area contributed by atoms with Crippen LogP contribution < -0.4 is 25.3 Å². The van der Waals surface area contributed by atoms with Gasteiger partial charge in [-0.3, -0.25) is 0 Å². The summed E-state index contributed by atoms with van der Waals surface area (Å²) in [5.41, 5.74) is 2.45. The quantitative estimate of drug-likeness (QED) is 0.478. The Hall–Kier alpha value is -3.39. The molecule has 7 nitrogen and oxygen atoms in total. The van der Waals surface area contributed by atoms with Gasteiger partial charge in [0.2, 0.25) is 5.95 Å². The van der Waals surface area contributed by atoms with E-state index in [0.29, 0.717) is 23.5 Å². The normalized spacial score (nSPS) is 18.1. The monoisotopic (exact) mass is 501 g/mol. The number of hydrogen-bond acceptors (Lipinski definition) is 6. The average molecular weight is 502 g/mol. The number of aromatic nitrogens is 2. The second-order valence-corrected chi connectivity index (χ2v) is 10.1. The molecular weight excluding hydrogens is 466 g/mol. The molecule has 0 saturated carbocycles. The Morgan fingerprint density at radius 1 is 0.861 bits per heavy atom. The van der Waals surface area contributed by atoms with Crippen LogP contribution in [0, 0.1) is 5.92 Å². The van der Waals surface area contributed by atoms with Crippen molar-refractivity contribution in [1.29, 1.82) is 0 Å². The Morgan fingerprint density at radius 2 is 1.50 bits per heavy atom. The third kappa shape index (κ3) is 6.23. The van der Waals surface area contributed by atoms with Crippen LogP contribution in [0.25, 0.3) is 0 Å². The van der Waals surface area contributed by atoms with Crippen LogP contribution in [0.3, 0.4) is 0 Å². The van der Waals surface area contributed by atoms with Gasteiger partial charge in [0.1, 0.15) is 11.6 Å². The highest BCUT2D eigenvalue weighted by molar-refractivity contribution is 7.80. The average Bonchev–Trinajstić information content (AvgIpc) is 2.93. The minimum atomic E-state index is 0.530. The minimum Gasteiger partial charge on any atom is -0.368 e. The van der Waals surface area contributed by atoms with Crippen molar-refractivity contribution in [1.82, 2.24) is 15.3 Å². The fraction of sp³-hybridized carbons (Fsp3) is 0.393. The Balaban J connectivity index is 1.31. The molecular formula is C28H35N7S. The van der Waals surface area contributed by atoms with Crippen molar-refractivity contribution in [3.63, 3.8) is 0 Å². The third-order valence-electron chi connectivity index (χ3n) is 6.93. The molecule has 2 N–H and O–H groups in total. The molecule has 36 heavy (non-hydrogen) atoms. The molecule has 1 aromatic heterocycles. The maximum atomic E-state index is 5.59. The lowest BCUT2D eigenvalue weighted by atomic mass is 10.0. The van der Waals surface area contributed by atoms with E-state index in [1.165, 1.54) is 24.1 Å². The SMILES string of the molecule is C[C@H]1CCCN(c2cc(N3CCN(c4ccccc4)CC3)nc(NC(=S)NCc3ccccc3)n2)C1. The lowest BCUT2D eigenvalue weighted by Crippen LogP contribution is -2.47. The van der Waals surface area contributed by atoms with Gasteiger partial charge in [0.05, 0.1) is 0 Å². The number of thiocarbonyl (C=S) groups is 1. The molecule has 2 aromatic carbocycles. The molecule has 2 fully saturated rings. The number of nitrogens with zero attached hydrogens (tertiary/aromatic N) is 5. The fourth-order valence-corrected chi connectivity index (χ4v) is 5.12. The molecule has 0 unspecified atom stereocenters. The van der Waals surface area contributed by atoms with E-state index in [0.717, 1.165) is 50.9 Å². The molecule has 5 rings (SSSR count). The Labute approximate surface area is 219 Å². The summed E-state index contributed by atoms with van der Waals surface area (Å²) in [4.78, 5) is 17.0. The van der Waals surface area contributed by atoms with Crippen LogP contribution in [0.15, 0.2) is 66.7 Å². The molecule has 188 valence electrons. The largest absolute Gasteiger partial charge is 0.368 e. The van der Waals surface area contributed by atoms with Gasteiger partial charge < -0.3 is 25.3 Å². The predicted octanol–water partition coefficient (Wildman–Crippen LogP) is 4.53.